The first-order valence-electron chi connectivity index (χ1n) is 7.80. The first kappa shape index (κ1) is 15.7. The van der Waals surface area contributed by atoms with Crippen LogP contribution in [0.4, 0.5) is 0 Å². The van der Waals surface area contributed by atoms with Crippen molar-refractivity contribution in [3.8, 4) is 0 Å². The van der Waals surface area contributed by atoms with Crippen LogP contribution in [0.2, 0.25) is 0 Å². The van der Waals surface area contributed by atoms with Crippen LogP contribution >= 0.6 is 11.8 Å². The predicted octanol–water partition coefficient (Wildman–Crippen LogP) is 3.11. The van der Waals surface area contributed by atoms with Gasteiger partial charge in [-0.15, -0.1) is 11.8 Å². The predicted molar refractivity (Wildman–Crippen MR) is 80.6 cm³/mol. The van der Waals surface area contributed by atoms with Gasteiger partial charge in [-0.2, -0.15) is 0 Å². The van der Waals surface area contributed by atoms with Gasteiger partial charge in [0.05, 0.1) is 5.37 Å². The minimum atomic E-state index is -0.847. The summed E-state index contributed by atoms with van der Waals surface area (Å²) in [4.78, 5) is 25.4. The van der Waals surface area contributed by atoms with Crippen molar-refractivity contribution in [3.63, 3.8) is 0 Å². The van der Waals surface area contributed by atoms with Crippen molar-refractivity contribution in [3.05, 3.63) is 0 Å². The molecular weight excluding hydrogens is 274 g/mol. The molecule has 1 saturated heterocycles. The highest BCUT2D eigenvalue weighted by atomic mass is 32.2. The maximum atomic E-state index is 12.4. The van der Waals surface area contributed by atoms with E-state index in [4.69, 9.17) is 0 Å². The Balaban J connectivity index is 1.85. The highest BCUT2D eigenvalue weighted by Gasteiger charge is 2.47. The highest BCUT2D eigenvalue weighted by molar-refractivity contribution is 8.00. The Hall–Kier alpha value is -0.710. The third-order valence-electron chi connectivity index (χ3n) is 4.13. The number of unbranched alkanes of at least 4 members (excludes halogenated alkanes) is 4. The number of rotatable bonds is 8. The molecule has 1 saturated carbocycles. The van der Waals surface area contributed by atoms with E-state index in [1.165, 1.54) is 19.3 Å². The zero-order chi connectivity index (χ0) is 14.5. The van der Waals surface area contributed by atoms with Crippen molar-refractivity contribution < 1.29 is 14.7 Å². The van der Waals surface area contributed by atoms with Gasteiger partial charge in [0, 0.05) is 12.2 Å². The summed E-state index contributed by atoms with van der Waals surface area (Å²) in [7, 11) is 0. The van der Waals surface area contributed by atoms with Gasteiger partial charge >= 0.3 is 5.97 Å². The summed E-state index contributed by atoms with van der Waals surface area (Å²) in [6.07, 6.45) is 8.35. The topological polar surface area (TPSA) is 57.6 Å². The molecule has 114 valence electrons. The second-order valence-electron chi connectivity index (χ2n) is 5.88. The Morgan fingerprint density at radius 2 is 1.90 bits per heavy atom. The molecule has 1 N–H and O–H groups in total. The number of carboxylic acids is 1. The number of hydrogen-bond donors (Lipinski definition) is 1. The van der Waals surface area contributed by atoms with E-state index in [0.29, 0.717) is 18.1 Å². The minimum Gasteiger partial charge on any atom is -0.480 e. The summed E-state index contributed by atoms with van der Waals surface area (Å²) >= 11 is 1.66. The molecule has 20 heavy (non-hydrogen) atoms. The van der Waals surface area contributed by atoms with Crippen molar-refractivity contribution in [2.45, 2.75) is 69.7 Å². The van der Waals surface area contributed by atoms with E-state index in [9.17, 15) is 14.7 Å². The summed E-state index contributed by atoms with van der Waals surface area (Å²) in [6.45, 7) is 2.17. The summed E-state index contributed by atoms with van der Waals surface area (Å²) in [5, 5.41) is 9.41. The van der Waals surface area contributed by atoms with E-state index in [1.54, 1.807) is 16.7 Å². The molecule has 2 aliphatic rings. The second-order valence-corrected chi connectivity index (χ2v) is 7.03. The molecule has 1 aliphatic carbocycles. The SMILES string of the molecule is CCCCCCCC(=O)N1C(C(=O)O)CSC1C1CC1. The molecule has 2 unspecified atom stereocenters. The van der Waals surface area contributed by atoms with Crippen LogP contribution in [0.5, 0.6) is 0 Å². The van der Waals surface area contributed by atoms with Gasteiger partial charge in [-0.3, -0.25) is 4.79 Å². The van der Waals surface area contributed by atoms with Crippen LogP contribution in [0, 0.1) is 5.92 Å². The number of nitrogens with zero attached hydrogens (tertiary/aromatic N) is 1. The van der Waals surface area contributed by atoms with Crippen molar-refractivity contribution in [2.75, 3.05) is 5.75 Å². The molecule has 0 aromatic rings. The van der Waals surface area contributed by atoms with Crippen molar-refractivity contribution in [1.82, 2.24) is 4.90 Å². The van der Waals surface area contributed by atoms with Gasteiger partial charge in [0.25, 0.3) is 0 Å². The van der Waals surface area contributed by atoms with Crippen LogP contribution in [0.3, 0.4) is 0 Å². The molecule has 1 aliphatic heterocycles. The summed E-state index contributed by atoms with van der Waals surface area (Å²) in [5.74, 6) is 0.294. The Kier molecular flexibility index (Phi) is 5.75. The number of carboxylic acid groups (broad SMARTS) is 1. The summed E-state index contributed by atoms with van der Waals surface area (Å²) in [5.41, 5.74) is 0. The molecule has 0 spiro atoms. The van der Waals surface area contributed by atoms with Gasteiger partial charge in [0.1, 0.15) is 6.04 Å². The fourth-order valence-corrected chi connectivity index (χ4v) is 4.44. The maximum absolute atomic E-state index is 12.4. The monoisotopic (exact) mass is 299 g/mol. The van der Waals surface area contributed by atoms with Gasteiger partial charge in [0.2, 0.25) is 5.91 Å². The van der Waals surface area contributed by atoms with Gasteiger partial charge < -0.3 is 10.0 Å². The fourth-order valence-electron chi connectivity index (χ4n) is 2.79. The lowest BCUT2D eigenvalue weighted by molar-refractivity contribution is -0.149. The molecular formula is C15H25NO3S. The van der Waals surface area contributed by atoms with Crippen molar-refractivity contribution in [2.24, 2.45) is 5.92 Å². The Morgan fingerprint density at radius 3 is 2.50 bits per heavy atom. The molecule has 5 heteroatoms. The van der Waals surface area contributed by atoms with Crippen LogP contribution < -0.4 is 0 Å². The van der Waals surface area contributed by atoms with Gasteiger partial charge in [-0.05, 0) is 25.2 Å². The number of aliphatic carboxylic acids is 1. The van der Waals surface area contributed by atoms with Crippen LogP contribution in [-0.4, -0.2) is 39.1 Å². The fraction of sp³-hybridized carbons (Fsp3) is 0.867. The lowest BCUT2D eigenvalue weighted by Gasteiger charge is -2.27. The quantitative estimate of drug-likeness (QED) is 0.700. The van der Waals surface area contributed by atoms with E-state index in [2.05, 4.69) is 6.92 Å². The molecule has 2 rings (SSSR count). The van der Waals surface area contributed by atoms with E-state index < -0.39 is 12.0 Å². The smallest absolute Gasteiger partial charge is 0.327 e. The Labute approximate surface area is 125 Å². The minimum absolute atomic E-state index is 0.0517. The molecule has 2 fully saturated rings. The van der Waals surface area contributed by atoms with E-state index >= 15 is 0 Å². The largest absolute Gasteiger partial charge is 0.480 e. The first-order chi connectivity index (χ1) is 9.65. The molecule has 1 heterocycles. The summed E-state index contributed by atoms with van der Waals surface area (Å²) in [6, 6.07) is -0.603. The number of hydrogen-bond acceptors (Lipinski definition) is 3. The van der Waals surface area contributed by atoms with E-state index in [1.807, 2.05) is 0 Å². The molecule has 0 radical (unpaired) electrons. The maximum Gasteiger partial charge on any atom is 0.327 e. The number of carbonyl (C=O) groups excluding carboxylic acids is 1. The molecule has 2 atom stereocenters. The standard InChI is InChI=1S/C15H25NO3S/c1-2-3-4-5-6-7-13(17)16-12(15(18)19)10-20-14(16)11-8-9-11/h11-12,14H,2-10H2,1H3,(H,18,19). The average Bonchev–Trinajstić information content (AvgIpc) is 3.16. The molecule has 0 bridgehead atoms. The average molecular weight is 299 g/mol. The third kappa shape index (κ3) is 3.90. The lowest BCUT2D eigenvalue weighted by atomic mass is 10.1. The molecule has 4 nitrogen and oxygen atoms in total. The number of carbonyl (C=O) groups is 2. The summed E-state index contributed by atoms with van der Waals surface area (Å²) < 4.78 is 0. The van der Waals surface area contributed by atoms with Crippen LogP contribution in [0.1, 0.15) is 58.3 Å². The lowest BCUT2D eigenvalue weighted by Crippen LogP contribution is -2.46. The van der Waals surface area contributed by atoms with Crippen LogP contribution in [0.15, 0.2) is 0 Å². The zero-order valence-corrected chi connectivity index (χ0v) is 13.0. The van der Waals surface area contributed by atoms with Gasteiger partial charge in [-0.25, -0.2) is 4.79 Å². The molecule has 0 aromatic heterocycles. The normalized spacial score (nSPS) is 25.9. The molecule has 1 amide bonds. The van der Waals surface area contributed by atoms with Crippen LogP contribution in [-0.2, 0) is 9.59 Å². The highest BCUT2D eigenvalue weighted by Crippen LogP contribution is 2.45. The van der Waals surface area contributed by atoms with Gasteiger partial charge in [0.15, 0.2) is 0 Å². The third-order valence-corrected chi connectivity index (χ3v) is 5.59. The second kappa shape index (κ2) is 7.34. The molecule has 0 aromatic carbocycles. The van der Waals surface area contributed by atoms with Crippen molar-refractivity contribution >= 4 is 23.6 Å². The van der Waals surface area contributed by atoms with Crippen LogP contribution in [0.25, 0.3) is 0 Å². The zero-order valence-electron chi connectivity index (χ0n) is 12.2. The van der Waals surface area contributed by atoms with Crippen molar-refractivity contribution in [1.29, 1.82) is 0 Å². The Bertz CT molecular complexity index is 357. The van der Waals surface area contributed by atoms with E-state index in [0.717, 1.165) is 25.7 Å². The number of amides is 1. The Morgan fingerprint density at radius 1 is 1.20 bits per heavy atom. The number of thioether (sulfide) groups is 1. The van der Waals surface area contributed by atoms with Gasteiger partial charge in [-0.1, -0.05) is 32.6 Å². The van der Waals surface area contributed by atoms with E-state index in [-0.39, 0.29) is 11.3 Å². The first-order valence-corrected chi connectivity index (χ1v) is 8.85.